The van der Waals surface area contributed by atoms with E-state index in [1.165, 1.54) is 71.0 Å². The number of nitrogens with zero attached hydrogens (tertiary/aromatic N) is 1. The maximum atomic E-state index is 12.4. The summed E-state index contributed by atoms with van der Waals surface area (Å²) in [5, 5.41) is 44.6. The molecule has 0 radical (unpaired) electrons. The minimum Gasteiger partial charge on any atom is -0.508 e. The molecule has 4 aliphatic heterocycles. The summed E-state index contributed by atoms with van der Waals surface area (Å²) in [6.45, 7) is 23.6. The van der Waals surface area contributed by atoms with E-state index in [1.807, 2.05) is 94.4 Å². The number of aryl methyl sites for hydroxylation is 1. The first-order valence-electron chi connectivity index (χ1n) is 34.7. The highest BCUT2D eigenvalue weighted by molar-refractivity contribution is 7.94. The van der Waals surface area contributed by atoms with Crippen LogP contribution in [0.2, 0.25) is 10.0 Å². The molecule has 18 nitrogen and oxygen atoms in total. The van der Waals surface area contributed by atoms with Crippen LogP contribution in [0.15, 0.2) is 213 Å². The van der Waals surface area contributed by atoms with Gasteiger partial charge in [-0.25, -0.2) is 10.1 Å². The lowest BCUT2D eigenvalue weighted by Crippen LogP contribution is -2.30. The van der Waals surface area contributed by atoms with E-state index in [4.69, 9.17) is 71.8 Å². The van der Waals surface area contributed by atoms with Crippen molar-refractivity contribution >= 4 is 85.4 Å². The van der Waals surface area contributed by atoms with Gasteiger partial charge in [0, 0.05) is 84.4 Å². The molecule has 0 bridgehead atoms. The van der Waals surface area contributed by atoms with Gasteiger partial charge in [0.15, 0.2) is 34.0 Å². The average Bonchev–Trinajstić information content (AvgIpc) is 1.70. The predicted octanol–water partition coefficient (Wildman–Crippen LogP) is 19.5. The van der Waals surface area contributed by atoms with Gasteiger partial charge in [0.05, 0.1) is 60.2 Å². The average molecular weight is 1500 g/mol. The number of ether oxygens (including phenoxy) is 3. The summed E-state index contributed by atoms with van der Waals surface area (Å²) < 4.78 is 38.2. The van der Waals surface area contributed by atoms with Crippen molar-refractivity contribution in [2.45, 2.75) is 111 Å². The van der Waals surface area contributed by atoms with Crippen molar-refractivity contribution in [3.05, 3.63) is 266 Å². The zero-order valence-corrected chi connectivity index (χ0v) is 63.5. The van der Waals surface area contributed by atoms with Gasteiger partial charge in [0.25, 0.3) is 0 Å². The highest BCUT2D eigenvalue weighted by Gasteiger charge is 2.40. The second kappa shape index (κ2) is 32.0. The van der Waals surface area contributed by atoms with Crippen LogP contribution in [0, 0.1) is 12.8 Å². The third kappa shape index (κ3) is 14.9. The largest absolute Gasteiger partial charge is 0.508 e. The molecule has 0 amide bonds. The minimum absolute atomic E-state index is 0.0157. The molecule has 0 fully saturated rings. The zero-order valence-electron chi connectivity index (χ0n) is 61.2. The van der Waals surface area contributed by atoms with E-state index in [0.29, 0.717) is 56.1 Å². The highest BCUT2D eigenvalue weighted by atomic mass is 35.5. The Hall–Kier alpha value is -10.9. The van der Waals surface area contributed by atoms with Crippen molar-refractivity contribution in [2.75, 3.05) is 20.0 Å². The molecule has 7 aliphatic rings. The first-order chi connectivity index (χ1) is 51.3. The van der Waals surface area contributed by atoms with Crippen molar-refractivity contribution in [3.63, 3.8) is 0 Å². The number of nitrogens with two attached hydrogens (primary N) is 1. The number of aromatic hydroxyl groups is 2. The molecule has 9 aromatic rings. The number of phenols is 2. The Bertz CT molecular complexity index is 5800. The number of aliphatic carboxylic acids is 1. The summed E-state index contributed by atoms with van der Waals surface area (Å²) in [5.74, 6) is 2.23. The van der Waals surface area contributed by atoms with E-state index in [-0.39, 0.29) is 83.5 Å². The Morgan fingerprint density at radius 3 is 1.90 bits per heavy atom. The van der Waals surface area contributed by atoms with Gasteiger partial charge in [-0.3, -0.25) is 19.4 Å². The van der Waals surface area contributed by atoms with Gasteiger partial charge in [-0.05, 0) is 131 Å². The molecule has 3 aliphatic carbocycles. The van der Waals surface area contributed by atoms with Gasteiger partial charge in [-0.15, -0.1) is 4.33 Å². The Morgan fingerprint density at radius 1 is 0.645 bits per heavy atom. The maximum Gasteiger partial charge on any atom is 0.340 e. The van der Waals surface area contributed by atoms with Crippen LogP contribution in [-0.4, -0.2) is 46.8 Å². The molecule has 8 aromatic carbocycles. The van der Waals surface area contributed by atoms with Crippen molar-refractivity contribution in [3.8, 4) is 79.4 Å². The van der Waals surface area contributed by atoms with Gasteiger partial charge in [0.1, 0.15) is 44.2 Å². The Balaban J connectivity index is 0.000000142. The summed E-state index contributed by atoms with van der Waals surface area (Å²) >= 11 is 13.3. The number of nitrogen functional groups attached to an aromatic ring is 1. The first-order valence-corrected chi connectivity index (χ1v) is 36.2. The summed E-state index contributed by atoms with van der Waals surface area (Å²) in [6.07, 6.45) is 0.672. The highest BCUT2D eigenvalue weighted by Crippen LogP contribution is 2.51. The fourth-order valence-corrected chi connectivity index (χ4v) is 14.6. The number of hydrogen-bond donors (Lipinski definition) is 5. The van der Waals surface area contributed by atoms with Crippen molar-refractivity contribution in [2.24, 2.45) is 10.9 Å². The maximum absolute atomic E-state index is 12.4. The molecule has 6 N–H and O–H groups in total. The molecule has 0 saturated heterocycles. The molecule has 0 spiro atoms. The molecule has 1 aromatic heterocycles. The number of hydrogen-bond acceptors (Lipinski definition) is 18. The van der Waals surface area contributed by atoms with Gasteiger partial charge >= 0.3 is 11.6 Å². The fraction of sp³-hybridized carbons (Fsp3) is 0.221. The monoisotopic (exact) mass is 1500 g/mol. The van der Waals surface area contributed by atoms with E-state index >= 15 is 0 Å². The summed E-state index contributed by atoms with van der Waals surface area (Å²) in [4.78, 5) is 52.0. The number of phenolic OH excluding ortho intramolecular Hbond substituents is 2. The molecule has 21 heteroatoms. The van der Waals surface area contributed by atoms with Crippen LogP contribution in [0.5, 0.6) is 34.5 Å². The molecule has 2 atom stereocenters. The number of anilines is 1. The second-order valence-corrected chi connectivity index (χ2v) is 28.0. The van der Waals surface area contributed by atoms with Gasteiger partial charge in [0.2, 0.25) is 5.43 Å². The zero-order chi connectivity index (χ0) is 77.1. The van der Waals surface area contributed by atoms with Gasteiger partial charge in [-0.2, -0.15) is 0 Å². The minimum atomic E-state index is -1.13. The normalized spacial score (nSPS) is 14.5. The number of fused-ring (bicyclic) bond motifs is 9. The summed E-state index contributed by atoms with van der Waals surface area (Å²) in [5.41, 5.74) is 19.4. The van der Waals surface area contributed by atoms with E-state index in [0.717, 1.165) is 56.5 Å². The third-order valence-electron chi connectivity index (χ3n) is 19.8. The topological polar surface area (TPSA) is 273 Å². The lowest BCUT2D eigenvalue weighted by atomic mass is 9.78. The fourth-order valence-electron chi connectivity index (χ4n) is 13.7. The molecular weight excluding hydrogens is 1420 g/mol. The molecule has 550 valence electrons. The van der Waals surface area contributed by atoms with Gasteiger partial charge < -0.3 is 48.5 Å². The second-order valence-electron chi connectivity index (χ2n) is 26.5. The summed E-state index contributed by atoms with van der Waals surface area (Å²) in [6, 6.07) is 55.8. The van der Waals surface area contributed by atoms with Crippen LogP contribution >= 0.6 is 35.2 Å². The van der Waals surface area contributed by atoms with Crippen molar-refractivity contribution in [1.29, 1.82) is 0 Å². The van der Waals surface area contributed by atoms with Crippen molar-refractivity contribution in [1.82, 2.24) is 0 Å². The lowest BCUT2D eigenvalue weighted by Gasteiger charge is -2.28. The molecule has 5 heterocycles. The number of carboxylic acids is 1. The molecule has 0 saturated carbocycles. The number of carboxylic acid groups (broad SMARTS) is 1. The quantitative estimate of drug-likeness (QED) is 0.0213. The molecule has 107 heavy (non-hydrogen) atoms. The first kappa shape index (κ1) is 77.2. The van der Waals surface area contributed by atoms with Crippen molar-refractivity contribution < 1.29 is 62.2 Å². The Morgan fingerprint density at radius 2 is 1.27 bits per heavy atom. The predicted molar refractivity (Wildman–Crippen MR) is 422 cm³/mol. The van der Waals surface area contributed by atoms with Crippen LogP contribution in [0.25, 0.3) is 83.4 Å². The van der Waals surface area contributed by atoms with E-state index in [2.05, 4.69) is 106 Å². The smallest absolute Gasteiger partial charge is 0.340 e. The van der Waals surface area contributed by atoms with E-state index < -0.39 is 23.4 Å². The summed E-state index contributed by atoms with van der Waals surface area (Å²) in [7, 11) is 2.83. The van der Waals surface area contributed by atoms with E-state index in [9.17, 15) is 29.4 Å². The van der Waals surface area contributed by atoms with Crippen LogP contribution in [-0.2, 0) is 37.8 Å². The standard InChI is InChI=1S/C30H31NO.C21H14Cl2O5.C19H12O3.C12H11NO7S.2C2H6/c1-17-12-20-13-26-21(14-23(20)29(17,3)4)28(19-10-8-7-9-11-19)22-15-24-25(16-27(22)32-26)31-18(2)30(24,5)6;1-26-13-8-11-15(10-6-4-3-5-7-10)12-9-14(27-2)19(25)17(23)21(12)28-20(11)16(22)18(13)24;20-13-6-8-15-17(10-13)22-18-11-14(21)7-9-16(18)19(15)12-4-2-1-3-5-12;1-5-6-2-10(21-20-19-17)8(13)4-9(6)18-12(16)7(5)3-11(14)15;2*1-2/h7-11,13-18H,12H2,1-6H3;3-9,24H,1-2H3;1-11,20H;2,4,17H,3,13H2,1H3,(H,14,15);2*1-2H3. The van der Waals surface area contributed by atoms with Crippen LogP contribution in [0.3, 0.4) is 0 Å². The SMILES string of the molecule is CC.CC.CC1Cc2cc3c(cc2C1(C)C)C(c1ccccc1)=c1cc2c(cc1O3)=NC(C)C2(C)C.COc1cc2c(-c3ccccc3)c3cc(OC)c(=O)c(Cl)c-3oc2c(Cl)c1O.Cc1c(CC(=O)O)c(=O)oc2cc(N)c(SOOO)cc12.O=c1ccc2c(-c3ccccc3)c3ccc(O)cc3oc-2c1. The van der Waals surface area contributed by atoms with Crippen LogP contribution < -0.4 is 47.0 Å². The Labute approximate surface area is 631 Å². The lowest BCUT2D eigenvalue weighted by molar-refractivity contribution is -0.432. The number of benzene rings is 10. The molecule has 2 unspecified atom stereocenters. The number of rotatable bonds is 10. The number of halogens is 2. The van der Waals surface area contributed by atoms with Gasteiger partial charge in [-0.1, -0.05) is 182 Å². The molecule has 16 rings (SSSR count). The van der Waals surface area contributed by atoms with Crippen LogP contribution in [0.4, 0.5) is 5.69 Å². The Kier molecular flexibility index (Phi) is 23.1. The van der Waals surface area contributed by atoms with E-state index in [1.54, 1.807) is 43.3 Å². The third-order valence-corrected chi connectivity index (χ3v) is 21.2. The van der Waals surface area contributed by atoms with Crippen LogP contribution in [0.1, 0.15) is 108 Å². The number of methoxy groups -OCH3 is 2. The number of carbonyl (C=O) groups is 1. The molecular formula is C86H80Cl2N2O16S.